The van der Waals surface area contributed by atoms with E-state index in [9.17, 15) is 19.7 Å². The maximum atomic E-state index is 13.0. The van der Waals surface area contributed by atoms with Gasteiger partial charge in [0, 0.05) is 43.6 Å². The minimum Gasteiger partial charge on any atom is -0.338 e. The number of thioether (sulfide) groups is 1. The maximum Gasteiger partial charge on any atom is 0.270 e. The molecule has 0 atom stereocenters. The molecule has 0 aliphatic carbocycles. The Bertz CT molecular complexity index is 1070. The summed E-state index contributed by atoms with van der Waals surface area (Å²) in [6, 6.07) is 13.6. The monoisotopic (exact) mass is 471 g/mol. The van der Waals surface area contributed by atoms with E-state index in [2.05, 4.69) is 0 Å². The van der Waals surface area contributed by atoms with E-state index in [1.54, 1.807) is 22.7 Å². The van der Waals surface area contributed by atoms with Gasteiger partial charge in [0.2, 0.25) is 5.91 Å². The molecule has 0 N–H and O–H groups in total. The molecule has 2 amide bonds. The topological polar surface area (TPSA) is 83.8 Å². The molecule has 0 saturated carbocycles. The molecule has 7 nitrogen and oxygen atoms in total. The molecule has 2 aromatic carbocycles. The number of nitro groups is 1. The lowest BCUT2D eigenvalue weighted by atomic mass is 10.0. The Morgan fingerprint density at radius 1 is 1.09 bits per heavy atom. The van der Waals surface area contributed by atoms with E-state index < -0.39 is 4.92 Å². The number of benzene rings is 2. The number of nitrogens with zero attached hydrogens (tertiary/aromatic N) is 3. The van der Waals surface area contributed by atoms with E-state index in [-0.39, 0.29) is 33.0 Å². The van der Waals surface area contributed by atoms with Crippen LogP contribution in [0.3, 0.4) is 0 Å². The minimum absolute atomic E-state index is 0.0166. The number of hydrogen-bond donors (Lipinski definition) is 0. The number of halogens is 1. The molecule has 2 heterocycles. The van der Waals surface area contributed by atoms with Crippen LogP contribution in [0, 0.1) is 10.1 Å². The summed E-state index contributed by atoms with van der Waals surface area (Å²) in [5, 5.41) is 11.0. The van der Waals surface area contributed by atoms with E-state index >= 15 is 0 Å². The van der Waals surface area contributed by atoms with Crippen molar-refractivity contribution in [3.63, 3.8) is 0 Å². The zero-order valence-corrected chi connectivity index (χ0v) is 18.8. The number of likely N-dealkylation sites (tertiary alicyclic amines) is 1. The first-order chi connectivity index (χ1) is 15.4. The standard InChI is InChI=1S/C23H22ClN3O4S/c24-20-16-18(27(30)31)7-8-19(20)22(29)25-12-10-23(11-13-25)26(14-15-32-23)21(28)9-6-17-4-2-1-3-5-17/h1-9,16H,10-15H2/b9-6+. The number of hydrogen-bond acceptors (Lipinski definition) is 5. The molecule has 2 fully saturated rings. The van der Waals surface area contributed by atoms with Crippen LogP contribution in [0.4, 0.5) is 5.69 Å². The lowest BCUT2D eigenvalue weighted by Gasteiger charge is -2.43. The highest BCUT2D eigenvalue weighted by molar-refractivity contribution is 8.00. The van der Waals surface area contributed by atoms with Crippen molar-refractivity contribution in [2.24, 2.45) is 0 Å². The number of nitro benzene ring substituents is 1. The molecular formula is C23H22ClN3O4S. The van der Waals surface area contributed by atoms with Crippen molar-refractivity contribution < 1.29 is 14.5 Å². The third-order valence-corrected chi connectivity index (χ3v) is 7.75. The van der Waals surface area contributed by atoms with E-state index in [1.807, 2.05) is 41.3 Å². The highest BCUT2D eigenvalue weighted by Crippen LogP contribution is 2.44. The first-order valence-corrected chi connectivity index (χ1v) is 11.7. The maximum absolute atomic E-state index is 13.0. The lowest BCUT2D eigenvalue weighted by molar-refractivity contribution is -0.384. The average Bonchev–Trinajstić information content (AvgIpc) is 3.21. The van der Waals surface area contributed by atoms with Gasteiger partial charge in [-0.2, -0.15) is 0 Å². The predicted molar refractivity (Wildman–Crippen MR) is 126 cm³/mol. The summed E-state index contributed by atoms with van der Waals surface area (Å²) in [5.74, 6) is 0.606. The smallest absolute Gasteiger partial charge is 0.270 e. The SMILES string of the molecule is O=C(c1ccc([N+](=O)[O-])cc1Cl)N1CCC2(CC1)SCCN2C(=O)/C=C/c1ccccc1. The van der Waals surface area contributed by atoms with Gasteiger partial charge in [0.25, 0.3) is 11.6 Å². The summed E-state index contributed by atoms with van der Waals surface area (Å²) in [7, 11) is 0. The molecule has 166 valence electrons. The number of carbonyl (C=O) groups excluding carboxylic acids is 2. The third-order valence-electron chi connectivity index (χ3n) is 5.89. The third kappa shape index (κ3) is 4.52. The number of piperidine rings is 1. The van der Waals surface area contributed by atoms with Gasteiger partial charge in [-0.3, -0.25) is 19.7 Å². The average molecular weight is 472 g/mol. The van der Waals surface area contributed by atoms with E-state index in [4.69, 9.17) is 11.6 Å². The van der Waals surface area contributed by atoms with Crippen LogP contribution in [0.1, 0.15) is 28.8 Å². The Labute approximate surface area is 195 Å². The zero-order chi connectivity index (χ0) is 22.7. The van der Waals surface area contributed by atoms with Crippen LogP contribution in [0.25, 0.3) is 6.08 Å². The largest absolute Gasteiger partial charge is 0.338 e. The summed E-state index contributed by atoms with van der Waals surface area (Å²) in [6.07, 6.45) is 4.78. The van der Waals surface area contributed by atoms with Gasteiger partial charge in [-0.25, -0.2) is 0 Å². The van der Waals surface area contributed by atoms with Gasteiger partial charge in [0.05, 0.1) is 20.4 Å². The molecule has 2 aliphatic rings. The van der Waals surface area contributed by atoms with E-state index in [0.29, 0.717) is 32.5 Å². The Kier molecular flexibility index (Phi) is 6.53. The van der Waals surface area contributed by atoms with Crippen molar-refractivity contribution in [3.05, 3.63) is 80.9 Å². The first-order valence-electron chi connectivity index (χ1n) is 10.3. The van der Waals surface area contributed by atoms with Crippen molar-refractivity contribution in [1.29, 1.82) is 0 Å². The Balaban J connectivity index is 1.42. The fourth-order valence-corrected chi connectivity index (χ4v) is 5.89. The van der Waals surface area contributed by atoms with Gasteiger partial charge in [-0.1, -0.05) is 41.9 Å². The molecule has 0 aromatic heterocycles. The van der Waals surface area contributed by atoms with Gasteiger partial charge in [-0.15, -0.1) is 11.8 Å². The van der Waals surface area contributed by atoms with Crippen LogP contribution in [-0.4, -0.2) is 56.8 Å². The van der Waals surface area contributed by atoms with Crippen LogP contribution in [-0.2, 0) is 4.79 Å². The second-order valence-corrected chi connectivity index (χ2v) is 9.61. The summed E-state index contributed by atoms with van der Waals surface area (Å²) in [4.78, 5) is 39.6. The number of amides is 2. The Hall–Kier alpha value is -2.84. The Morgan fingerprint density at radius 2 is 1.81 bits per heavy atom. The fourth-order valence-electron chi connectivity index (χ4n) is 4.18. The lowest BCUT2D eigenvalue weighted by Crippen LogP contribution is -2.53. The van der Waals surface area contributed by atoms with Gasteiger partial charge < -0.3 is 9.80 Å². The van der Waals surface area contributed by atoms with Crippen molar-refractivity contribution >= 4 is 46.9 Å². The quantitative estimate of drug-likeness (QED) is 0.373. The van der Waals surface area contributed by atoms with Crippen molar-refractivity contribution in [3.8, 4) is 0 Å². The molecule has 2 saturated heterocycles. The zero-order valence-electron chi connectivity index (χ0n) is 17.3. The van der Waals surface area contributed by atoms with Crippen LogP contribution in [0.5, 0.6) is 0 Å². The van der Waals surface area contributed by atoms with Gasteiger partial charge in [0.15, 0.2) is 0 Å². The minimum atomic E-state index is -0.542. The summed E-state index contributed by atoms with van der Waals surface area (Å²) in [6.45, 7) is 1.67. The molecule has 0 bridgehead atoms. The van der Waals surface area contributed by atoms with Gasteiger partial charge >= 0.3 is 0 Å². The summed E-state index contributed by atoms with van der Waals surface area (Å²) < 4.78 is 0. The first kappa shape index (κ1) is 22.4. The summed E-state index contributed by atoms with van der Waals surface area (Å²) in [5.41, 5.74) is 1.08. The number of non-ortho nitro benzene ring substituents is 1. The van der Waals surface area contributed by atoms with Crippen LogP contribution in [0.2, 0.25) is 5.02 Å². The van der Waals surface area contributed by atoms with E-state index in [0.717, 1.165) is 11.3 Å². The summed E-state index contributed by atoms with van der Waals surface area (Å²) >= 11 is 7.92. The van der Waals surface area contributed by atoms with Crippen molar-refractivity contribution in [2.75, 3.05) is 25.4 Å². The Morgan fingerprint density at radius 3 is 2.47 bits per heavy atom. The van der Waals surface area contributed by atoms with Crippen molar-refractivity contribution in [2.45, 2.75) is 17.7 Å². The molecule has 9 heteroatoms. The molecule has 4 rings (SSSR count). The molecule has 32 heavy (non-hydrogen) atoms. The number of rotatable bonds is 4. The highest BCUT2D eigenvalue weighted by Gasteiger charge is 2.46. The fraction of sp³-hybridized carbons (Fsp3) is 0.304. The van der Waals surface area contributed by atoms with E-state index in [1.165, 1.54) is 18.2 Å². The molecule has 1 spiro atoms. The van der Waals surface area contributed by atoms with Gasteiger partial charge in [0.1, 0.15) is 0 Å². The molecule has 2 aliphatic heterocycles. The molecule has 0 unspecified atom stereocenters. The van der Waals surface area contributed by atoms with Crippen molar-refractivity contribution in [1.82, 2.24) is 9.80 Å². The normalized spacial score (nSPS) is 17.8. The second-order valence-electron chi connectivity index (χ2n) is 7.74. The van der Waals surface area contributed by atoms with Crippen LogP contribution >= 0.6 is 23.4 Å². The molecule has 0 radical (unpaired) electrons. The van der Waals surface area contributed by atoms with Crippen LogP contribution < -0.4 is 0 Å². The predicted octanol–water partition coefficient (Wildman–Crippen LogP) is 4.47. The van der Waals surface area contributed by atoms with Crippen LogP contribution in [0.15, 0.2) is 54.6 Å². The van der Waals surface area contributed by atoms with Gasteiger partial charge in [-0.05, 0) is 30.5 Å². The highest BCUT2D eigenvalue weighted by atomic mass is 35.5. The molecule has 2 aromatic rings. The number of carbonyl (C=O) groups is 2. The molecular weight excluding hydrogens is 450 g/mol. The second kappa shape index (κ2) is 9.34.